The molecule has 1 fully saturated rings. The summed E-state index contributed by atoms with van der Waals surface area (Å²) in [6, 6.07) is 14.5. The highest BCUT2D eigenvalue weighted by Crippen LogP contribution is 2.18. The molecule has 5 heteroatoms. The molecular weight excluding hydrogens is 304 g/mol. The predicted molar refractivity (Wildman–Crippen MR) is 93.2 cm³/mol. The Morgan fingerprint density at radius 3 is 2.38 bits per heavy atom. The number of carbonyl (C=O) groups excluding carboxylic acids is 2. The number of benzene rings is 2. The van der Waals surface area contributed by atoms with E-state index in [2.05, 4.69) is 10.6 Å². The van der Waals surface area contributed by atoms with Crippen LogP contribution in [0.1, 0.15) is 28.8 Å². The van der Waals surface area contributed by atoms with E-state index < -0.39 is 0 Å². The average Bonchev–Trinajstić information content (AvgIpc) is 3.11. The third-order valence-electron chi connectivity index (χ3n) is 3.91. The number of aryl methyl sites for hydroxylation is 1. The van der Waals surface area contributed by atoms with Gasteiger partial charge in [-0.1, -0.05) is 17.7 Å². The van der Waals surface area contributed by atoms with E-state index >= 15 is 0 Å². The summed E-state index contributed by atoms with van der Waals surface area (Å²) in [5.41, 5.74) is 3.02. The molecule has 5 nitrogen and oxygen atoms in total. The Labute approximate surface area is 141 Å². The first-order valence-corrected chi connectivity index (χ1v) is 8.02. The highest BCUT2D eigenvalue weighted by molar-refractivity contribution is 6.04. The molecule has 0 aliphatic carbocycles. The Kier molecular flexibility index (Phi) is 4.91. The van der Waals surface area contributed by atoms with E-state index in [1.165, 1.54) is 0 Å². The van der Waals surface area contributed by atoms with Crippen LogP contribution in [0, 0.1) is 6.92 Å². The van der Waals surface area contributed by atoms with Gasteiger partial charge in [0.25, 0.3) is 11.8 Å². The summed E-state index contributed by atoms with van der Waals surface area (Å²) in [6.07, 6.45) is 1.32. The van der Waals surface area contributed by atoms with Crippen LogP contribution < -0.4 is 10.6 Å². The van der Waals surface area contributed by atoms with Crippen molar-refractivity contribution >= 4 is 23.2 Å². The van der Waals surface area contributed by atoms with Gasteiger partial charge < -0.3 is 15.4 Å². The van der Waals surface area contributed by atoms with E-state index in [9.17, 15) is 9.59 Å². The van der Waals surface area contributed by atoms with E-state index in [4.69, 9.17) is 4.74 Å². The topological polar surface area (TPSA) is 67.4 Å². The Bertz CT molecular complexity index is 735. The summed E-state index contributed by atoms with van der Waals surface area (Å²) in [5.74, 6) is -0.279. The maximum Gasteiger partial charge on any atom is 0.255 e. The second-order valence-corrected chi connectivity index (χ2v) is 5.89. The highest BCUT2D eigenvalue weighted by Gasteiger charge is 2.23. The second kappa shape index (κ2) is 7.27. The van der Waals surface area contributed by atoms with Crippen molar-refractivity contribution in [3.05, 3.63) is 59.7 Å². The molecule has 1 atom stereocenters. The van der Waals surface area contributed by atoms with E-state index in [0.29, 0.717) is 23.5 Å². The minimum atomic E-state index is -0.356. The van der Waals surface area contributed by atoms with E-state index in [-0.39, 0.29) is 17.9 Å². The normalized spacial score (nSPS) is 16.6. The number of amides is 2. The lowest BCUT2D eigenvalue weighted by Crippen LogP contribution is -2.26. The Balaban J connectivity index is 1.60. The van der Waals surface area contributed by atoms with Crippen molar-refractivity contribution < 1.29 is 14.3 Å². The van der Waals surface area contributed by atoms with E-state index in [1.54, 1.807) is 30.3 Å². The van der Waals surface area contributed by atoms with Crippen LogP contribution in [0.25, 0.3) is 0 Å². The molecule has 0 saturated carbocycles. The van der Waals surface area contributed by atoms with Crippen molar-refractivity contribution in [1.82, 2.24) is 0 Å². The number of ether oxygens (including phenoxy) is 1. The Hall–Kier alpha value is -2.66. The minimum absolute atomic E-state index is 0.121. The lowest BCUT2D eigenvalue weighted by Gasteiger charge is -2.11. The zero-order valence-electron chi connectivity index (χ0n) is 13.5. The van der Waals surface area contributed by atoms with Gasteiger partial charge in [-0.05, 0) is 56.2 Å². The van der Waals surface area contributed by atoms with Gasteiger partial charge in [-0.25, -0.2) is 0 Å². The summed E-state index contributed by atoms with van der Waals surface area (Å²) in [6.45, 7) is 2.59. The molecule has 2 N–H and O–H groups in total. The van der Waals surface area contributed by atoms with Gasteiger partial charge in [0.05, 0.1) is 0 Å². The maximum absolute atomic E-state index is 12.2. The number of hydrogen-bond donors (Lipinski definition) is 2. The standard InChI is InChI=1S/C19H20N2O3/c1-13-4-2-5-14(12-13)18(22)20-15-7-9-16(10-8-15)21-19(23)17-6-3-11-24-17/h2,4-5,7-10,12,17H,3,6,11H2,1H3,(H,20,22)(H,21,23). The maximum atomic E-state index is 12.2. The van der Waals surface area contributed by atoms with Crippen molar-refractivity contribution in [3.8, 4) is 0 Å². The molecule has 1 unspecified atom stereocenters. The van der Waals surface area contributed by atoms with Gasteiger partial charge in [-0.3, -0.25) is 9.59 Å². The molecule has 2 aromatic carbocycles. The summed E-state index contributed by atoms with van der Waals surface area (Å²) in [7, 11) is 0. The smallest absolute Gasteiger partial charge is 0.255 e. The first-order valence-electron chi connectivity index (χ1n) is 8.02. The molecule has 1 aliphatic heterocycles. The summed E-state index contributed by atoms with van der Waals surface area (Å²) in [4.78, 5) is 24.2. The molecule has 0 bridgehead atoms. The van der Waals surface area contributed by atoms with Gasteiger partial charge in [0.2, 0.25) is 0 Å². The molecular formula is C19H20N2O3. The monoisotopic (exact) mass is 324 g/mol. The molecule has 1 heterocycles. The van der Waals surface area contributed by atoms with Gasteiger partial charge in [0, 0.05) is 23.5 Å². The molecule has 1 aliphatic rings. The quantitative estimate of drug-likeness (QED) is 0.906. The third kappa shape index (κ3) is 4.00. The zero-order chi connectivity index (χ0) is 16.9. The summed E-state index contributed by atoms with van der Waals surface area (Å²) in [5, 5.41) is 5.67. The molecule has 124 valence electrons. The number of nitrogens with one attached hydrogen (secondary N) is 2. The fourth-order valence-corrected chi connectivity index (χ4v) is 2.63. The van der Waals surface area contributed by atoms with Crippen molar-refractivity contribution in [1.29, 1.82) is 0 Å². The number of carbonyl (C=O) groups is 2. The largest absolute Gasteiger partial charge is 0.368 e. The van der Waals surface area contributed by atoms with E-state index in [0.717, 1.165) is 18.4 Å². The summed E-state index contributed by atoms with van der Waals surface area (Å²) < 4.78 is 5.35. The van der Waals surface area contributed by atoms with Crippen LogP contribution >= 0.6 is 0 Å². The number of rotatable bonds is 4. The average molecular weight is 324 g/mol. The first kappa shape index (κ1) is 16.2. The van der Waals surface area contributed by atoms with Crippen LogP contribution in [0.3, 0.4) is 0 Å². The van der Waals surface area contributed by atoms with Crippen molar-refractivity contribution in [2.24, 2.45) is 0 Å². The minimum Gasteiger partial charge on any atom is -0.368 e. The van der Waals surface area contributed by atoms with Gasteiger partial charge in [-0.15, -0.1) is 0 Å². The Morgan fingerprint density at radius 1 is 1.04 bits per heavy atom. The first-order chi connectivity index (χ1) is 11.6. The summed E-state index contributed by atoms with van der Waals surface area (Å²) >= 11 is 0. The molecule has 2 amide bonds. The molecule has 2 aromatic rings. The van der Waals surface area contributed by atoms with Crippen LogP contribution in [-0.4, -0.2) is 24.5 Å². The third-order valence-corrected chi connectivity index (χ3v) is 3.91. The lowest BCUT2D eigenvalue weighted by atomic mass is 10.1. The van der Waals surface area contributed by atoms with Gasteiger partial charge >= 0.3 is 0 Å². The lowest BCUT2D eigenvalue weighted by molar-refractivity contribution is -0.124. The molecule has 0 aromatic heterocycles. The van der Waals surface area contributed by atoms with Crippen LogP contribution in [0.15, 0.2) is 48.5 Å². The van der Waals surface area contributed by atoms with Crippen LogP contribution in [0.5, 0.6) is 0 Å². The SMILES string of the molecule is Cc1cccc(C(=O)Nc2ccc(NC(=O)C3CCCO3)cc2)c1. The van der Waals surface area contributed by atoms with Crippen LogP contribution in [0.4, 0.5) is 11.4 Å². The fraction of sp³-hybridized carbons (Fsp3) is 0.263. The predicted octanol–water partition coefficient (Wildman–Crippen LogP) is 3.36. The van der Waals surface area contributed by atoms with Crippen molar-refractivity contribution in [2.45, 2.75) is 25.9 Å². The molecule has 24 heavy (non-hydrogen) atoms. The van der Waals surface area contributed by atoms with Gasteiger partial charge in [-0.2, -0.15) is 0 Å². The molecule has 1 saturated heterocycles. The van der Waals surface area contributed by atoms with Gasteiger partial charge in [0.15, 0.2) is 0 Å². The fourth-order valence-electron chi connectivity index (χ4n) is 2.63. The molecule has 0 spiro atoms. The van der Waals surface area contributed by atoms with Crippen molar-refractivity contribution in [2.75, 3.05) is 17.2 Å². The zero-order valence-corrected chi connectivity index (χ0v) is 13.5. The van der Waals surface area contributed by atoms with Gasteiger partial charge in [0.1, 0.15) is 6.10 Å². The Morgan fingerprint density at radius 2 is 1.75 bits per heavy atom. The van der Waals surface area contributed by atoms with Crippen LogP contribution in [0.2, 0.25) is 0 Å². The second-order valence-electron chi connectivity index (χ2n) is 5.89. The number of hydrogen-bond acceptors (Lipinski definition) is 3. The number of anilines is 2. The van der Waals surface area contributed by atoms with Crippen molar-refractivity contribution in [3.63, 3.8) is 0 Å². The highest BCUT2D eigenvalue weighted by atomic mass is 16.5. The molecule has 3 rings (SSSR count). The molecule has 0 radical (unpaired) electrons. The van der Waals surface area contributed by atoms with Crippen LogP contribution in [-0.2, 0) is 9.53 Å². The van der Waals surface area contributed by atoms with E-state index in [1.807, 2.05) is 25.1 Å².